The molecule has 1 heterocycles. The Morgan fingerprint density at radius 3 is 3.00 bits per heavy atom. The van der Waals surface area contributed by atoms with E-state index in [-0.39, 0.29) is 5.91 Å². The van der Waals surface area contributed by atoms with Crippen LogP contribution in [0.4, 0.5) is 0 Å². The zero-order chi connectivity index (χ0) is 13.7. The number of nitrogens with two attached hydrogens (primary N) is 1. The standard InChI is InChI=1S/C15H22N2O2/c1-2-19-14-6-4-3-5-13(14)15(18)17-10-8-12(11-17)7-9-16/h3-6,12H,2,7-11,16H2,1H3. The number of hydrogen-bond acceptors (Lipinski definition) is 3. The first-order valence-corrected chi connectivity index (χ1v) is 6.97. The van der Waals surface area contributed by atoms with E-state index >= 15 is 0 Å². The van der Waals surface area contributed by atoms with Crippen LogP contribution >= 0.6 is 0 Å². The zero-order valence-electron chi connectivity index (χ0n) is 11.5. The van der Waals surface area contributed by atoms with Gasteiger partial charge in [-0.05, 0) is 44.4 Å². The predicted molar refractivity (Wildman–Crippen MR) is 75.3 cm³/mol. The number of para-hydroxylation sites is 1. The first-order chi connectivity index (χ1) is 9.26. The molecule has 4 nitrogen and oxygen atoms in total. The Balaban J connectivity index is 2.08. The number of likely N-dealkylation sites (tertiary alicyclic amines) is 1. The molecule has 104 valence electrons. The van der Waals surface area contributed by atoms with Crippen molar-refractivity contribution in [2.45, 2.75) is 19.8 Å². The van der Waals surface area contributed by atoms with Crippen LogP contribution < -0.4 is 10.5 Å². The number of carbonyl (C=O) groups excluding carboxylic acids is 1. The van der Waals surface area contributed by atoms with Gasteiger partial charge in [0.25, 0.3) is 5.91 Å². The zero-order valence-corrected chi connectivity index (χ0v) is 11.5. The molecular weight excluding hydrogens is 240 g/mol. The van der Waals surface area contributed by atoms with E-state index in [9.17, 15) is 4.79 Å². The molecular formula is C15H22N2O2. The third-order valence-corrected chi connectivity index (χ3v) is 3.57. The van der Waals surface area contributed by atoms with Gasteiger partial charge in [-0.15, -0.1) is 0 Å². The van der Waals surface area contributed by atoms with Crippen LogP contribution in [0.3, 0.4) is 0 Å². The van der Waals surface area contributed by atoms with Crippen molar-refractivity contribution in [3.63, 3.8) is 0 Å². The van der Waals surface area contributed by atoms with Gasteiger partial charge in [0.1, 0.15) is 5.75 Å². The molecule has 1 atom stereocenters. The minimum atomic E-state index is 0.0728. The summed E-state index contributed by atoms with van der Waals surface area (Å²) in [6.45, 7) is 4.83. The first kappa shape index (κ1) is 13.9. The van der Waals surface area contributed by atoms with Crippen molar-refractivity contribution < 1.29 is 9.53 Å². The third-order valence-electron chi connectivity index (χ3n) is 3.57. The molecule has 0 bridgehead atoms. The quantitative estimate of drug-likeness (QED) is 0.881. The highest BCUT2D eigenvalue weighted by atomic mass is 16.5. The van der Waals surface area contributed by atoms with Crippen molar-refractivity contribution in [1.82, 2.24) is 4.90 Å². The summed E-state index contributed by atoms with van der Waals surface area (Å²) >= 11 is 0. The number of carbonyl (C=O) groups is 1. The Labute approximate surface area is 114 Å². The van der Waals surface area contributed by atoms with Crippen molar-refractivity contribution in [2.24, 2.45) is 11.7 Å². The summed E-state index contributed by atoms with van der Waals surface area (Å²) in [6, 6.07) is 7.46. The highest BCUT2D eigenvalue weighted by molar-refractivity contribution is 5.97. The van der Waals surface area contributed by atoms with E-state index in [4.69, 9.17) is 10.5 Å². The maximum absolute atomic E-state index is 12.5. The summed E-state index contributed by atoms with van der Waals surface area (Å²) in [6.07, 6.45) is 2.05. The molecule has 0 aliphatic carbocycles. The number of hydrogen-bond donors (Lipinski definition) is 1. The average molecular weight is 262 g/mol. The van der Waals surface area contributed by atoms with Gasteiger partial charge in [0, 0.05) is 13.1 Å². The molecule has 1 aromatic carbocycles. The third kappa shape index (κ3) is 3.26. The molecule has 4 heteroatoms. The molecule has 1 unspecified atom stereocenters. The minimum Gasteiger partial charge on any atom is -0.493 e. The highest BCUT2D eigenvalue weighted by Gasteiger charge is 2.27. The predicted octanol–water partition coefficient (Wildman–Crippen LogP) is 1.90. The molecule has 1 aliphatic heterocycles. The summed E-state index contributed by atoms with van der Waals surface area (Å²) in [5.41, 5.74) is 6.25. The van der Waals surface area contributed by atoms with Gasteiger partial charge in [-0.25, -0.2) is 0 Å². The van der Waals surface area contributed by atoms with Crippen molar-refractivity contribution in [1.29, 1.82) is 0 Å². The number of ether oxygens (including phenoxy) is 1. The van der Waals surface area contributed by atoms with Crippen LogP contribution in [0.1, 0.15) is 30.1 Å². The Morgan fingerprint density at radius 1 is 1.47 bits per heavy atom. The Bertz CT molecular complexity index is 434. The lowest BCUT2D eigenvalue weighted by atomic mass is 10.1. The molecule has 1 aromatic rings. The number of rotatable bonds is 5. The molecule has 2 N–H and O–H groups in total. The van der Waals surface area contributed by atoms with Gasteiger partial charge in [-0.1, -0.05) is 12.1 Å². The van der Waals surface area contributed by atoms with Crippen LogP contribution in [0.15, 0.2) is 24.3 Å². The summed E-state index contributed by atoms with van der Waals surface area (Å²) in [5, 5.41) is 0. The van der Waals surface area contributed by atoms with Crippen LogP contribution in [0.25, 0.3) is 0 Å². The number of benzene rings is 1. The average Bonchev–Trinajstić information content (AvgIpc) is 2.88. The van der Waals surface area contributed by atoms with E-state index in [0.29, 0.717) is 30.4 Å². The molecule has 0 aromatic heterocycles. The molecule has 0 radical (unpaired) electrons. The summed E-state index contributed by atoms with van der Waals surface area (Å²) in [7, 11) is 0. The second kappa shape index (κ2) is 6.57. The fourth-order valence-corrected chi connectivity index (χ4v) is 2.58. The van der Waals surface area contributed by atoms with Crippen molar-refractivity contribution in [2.75, 3.05) is 26.2 Å². The molecule has 1 fully saturated rings. The van der Waals surface area contributed by atoms with E-state index < -0.39 is 0 Å². The largest absolute Gasteiger partial charge is 0.493 e. The highest BCUT2D eigenvalue weighted by Crippen LogP contribution is 2.25. The summed E-state index contributed by atoms with van der Waals surface area (Å²) < 4.78 is 5.52. The fraction of sp³-hybridized carbons (Fsp3) is 0.533. The smallest absolute Gasteiger partial charge is 0.257 e. The maximum atomic E-state index is 12.5. The van der Waals surface area contributed by atoms with E-state index in [1.54, 1.807) is 0 Å². The van der Waals surface area contributed by atoms with E-state index in [2.05, 4.69) is 0 Å². The van der Waals surface area contributed by atoms with Crippen LogP contribution in [-0.2, 0) is 0 Å². The second-order valence-electron chi connectivity index (χ2n) is 4.91. The summed E-state index contributed by atoms with van der Waals surface area (Å²) in [4.78, 5) is 14.4. The van der Waals surface area contributed by atoms with Crippen molar-refractivity contribution >= 4 is 5.91 Å². The lowest BCUT2D eigenvalue weighted by Gasteiger charge is -2.18. The van der Waals surface area contributed by atoms with Crippen molar-refractivity contribution in [3.8, 4) is 5.75 Å². The minimum absolute atomic E-state index is 0.0728. The number of amides is 1. The lowest BCUT2D eigenvalue weighted by Crippen LogP contribution is -2.29. The number of nitrogens with zero attached hydrogens (tertiary/aromatic N) is 1. The Hall–Kier alpha value is -1.55. The van der Waals surface area contributed by atoms with Crippen molar-refractivity contribution in [3.05, 3.63) is 29.8 Å². The van der Waals surface area contributed by atoms with Crippen LogP contribution in [-0.4, -0.2) is 37.0 Å². The lowest BCUT2D eigenvalue weighted by molar-refractivity contribution is 0.0782. The topological polar surface area (TPSA) is 55.6 Å². The monoisotopic (exact) mass is 262 g/mol. The second-order valence-corrected chi connectivity index (χ2v) is 4.91. The normalized spacial score (nSPS) is 18.6. The van der Waals surface area contributed by atoms with Gasteiger partial charge in [-0.3, -0.25) is 4.79 Å². The maximum Gasteiger partial charge on any atom is 0.257 e. The Morgan fingerprint density at radius 2 is 2.26 bits per heavy atom. The van der Waals surface area contributed by atoms with Gasteiger partial charge >= 0.3 is 0 Å². The SMILES string of the molecule is CCOc1ccccc1C(=O)N1CCC(CCN)C1. The van der Waals surface area contributed by atoms with Gasteiger partial charge in [0.2, 0.25) is 0 Å². The van der Waals surface area contributed by atoms with E-state index in [0.717, 1.165) is 25.9 Å². The Kier molecular flexibility index (Phi) is 4.80. The van der Waals surface area contributed by atoms with E-state index in [1.165, 1.54) is 0 Å². The van der Waals surface area contributed by atoms with Gasteiger partial charge in [-0.2, -0.15) is 0 Å². The fourth-order valence-electron chi connectivity index (χ4n) is 2.58. The molecule has 19 heavy (non-hydrogen) atoms. The molecule has 1 amide bonds. The van der Waals surface area contributed by atoms with Crippen LogP contribution in [0, 0.1) is 5.92 Å². The first-order valence-electron chi connectivity index (χ1n) is 6.97. The van der Waals surface area contributed by atoms with Crippen LogP contribution in [0.5, 0.6) is 5.75 Å². The van der Waals surface area contributed by atoms with Gasteiger partial charge in [0.05, 0.1) is 12.2 Å². The van der Waals surface area contributed by atoms with Gasteiger partial charge < -0.3 is 15.4 Å². The molecule has 0 spiro atoms. The molecule has 1 aliphatic rings. The summed E-state index contributed by atoms with van der Waals surface area (Å²) in [5.74, 6) is 1.30. The van der Waals surface area contributed by atoms with Crippen LogP contribution in [0.2, 0.25) is 0 Å². The van der Waals surface area contributed by atoms with Gasteiger partial charge in [0.15, 0.2) is 0 Å². The van der Waals surface area contributed by atoms with E-state index in [1.807, 2.05) is 36.1 Å². The molecule has 1 saturated heterocycles. The molecule has 2 rings (SSSR count). The molecule has 0 saturated carbocycles.